The van der Waals surface area contributed by atoms with Crippen LogP contribution in [0.1, 0.15) is 65.9 Å². The summed E-state index contributed by atoms with van der Waals surface area (Å²) in [5.41, 5.74) is 11.7. The number of aromatic carboxylic acids is 1. The van der Waals surface area contributed by atoms with Crippen LogP contribution in [0.15, 0.2) is 97.1 Å². The number of allylic oxidation sites excluding steroid dienone is 2. The topological polar surface area (TPSA) is 67.8 Å². The molecule has 0 saturated heterocycles. The summed E-state index contributed by atoms with van der Waals surface area (Å²) in [6.45, 7) is 15.9. The molecule has 4 aromatic rings. The average molecular weight is 562 g/mol. The van der Waals surface area contributed by atoms with Crippen molar-refractivity contribution in [3.05, 3.63) is 130 Å². The Kier molecular flexibility index (Phi) is 9.87. The molecule has 2 N–H and O–H groups in total. The van der Waals surface area contributed by atoms with Crippen LogP contribution in [0.5, 0.6) is 11.5 Å². The second kappa shape index (κ2) is 13.7. The number of ether oxygens (including phenoxy) is 2. The fourth-order valence-corrected chi connectivity index (χ4v) is 4.69. The summed E-state index contributed by atoms with van der Waals surface area (Å²) in [6.07, 6.45) is 0.987. The number of benzene rings is 4. The van der Waals surface area contributed by atoms with E-state index in [1.807, 2.05) is 54.6 Å². The molecule has 5 heteroatoms. The average Bonchev–Trinajstić information content (AvgIpc) is 3.48. The van der Waals surface area contributed by atoms with Crippen LogP contribution in [0.25, 0.3) is 22.4 Å². The van der Waals surface area contributed by atoms with Crippen molar-refractivity contribution in [3.63, 3.8) is 0 Å². The van der Waals surface area contributed by atoms with Crippen molar-refractivity contribution < 1.29 is 19.4 Å². The van der Waals surface area contributed by atoms with E-state index in [1.165, 1.54) is 27.8 Å². The molecule has 0 bridgehead atoms. The Morgan fingerprint density at radius 1 is 0.857 bits per heavy atom. The molecule has 0 saturated carbocycles. The fraction of sp³-hybridized carbons (Fsp3) is 0.216. The third kappa shape index (κ3) is 7.29. The van der Waals surface area contributed by atoms with Crippen LogP contribution in [0.4, 0.5) is 0 Å². The summed E-state index contributed by atoms with van der Waals surface area (Å²) in [5, 5.41) is 12.5. The van der Waals surface area contributed by atoms with Crippen molar-refractivity contribution >= 4 is 17.2 Å². The van der Waals surface area contributed by atoms with Gasteiger partial charge in [-0.2, -0.15) is 0 Å². The lowest BCUT2D eigenvalue weighted by molar-refractivity contribution is 0.0697. The van der Waals surface area contributed by atoms with E-state index in [2.05, 4.69) is 64.7 Å². The van der Waals surface area contributed by atoms with Crippen LogP contribution >= 0.6 is 0 Å². The van der Waals surface area contributed by atoms with Gasteiger partial charge in [0, 0.05) is 12.2 Å². The Morgan fingerprint density at radius 2 is 1.55 bits per heavy atom. The lowest BCUT2D eigenvalue weighted by Crippen LogP contribution is -2.11. The molecule has 0 aliphatic carbocycles. The normalized spacial score (nSPS) is 11.3. The summed E-state index contributed by atoms with van der Waals surface area (Å²) >= 11 is 0. The van der Waals surface area contributed by atoms with Gasteiger partial charge in [-0.1, -0.05) is 79.7 Å². The minimum absolute atomic E-state index is 0.300. The summed E-state index contributed by atoms with van der Waals surface area (Å²) in [5.74, 6) is 0.727. The first-order valence-electron chi connectivity index (χ1n) is 14.2. The lowest BCUT2D eigenvalue weighted by atomic mass is 9.95. The number of carboxylic acids is 1. The molecule has 0 atom stereocenters. The highest BCUT2D eigenvalue weighted by molar-refractivity contribution is 5.96. The highest BCUT2D eigenvalue weighted by Crippen LogP contribution is 2.32. The minimum Gasteiger partial charge on any atom is -0.478 e. The molecule has 1 aliphatic heterocycles. The Hall–Kier alpha value is -4.77. The van der Waals surface area contributed by atoms with Gasteiger partial charge in [-0.3, -0.25) is 0 Å². The molecule has 0 unspecified atom stereocenters. The summed E-state index contributed by atoms with van der Waals surface area (Å²) in [6, 6.07) is 27.6. The van der Waals surface area contributed by atoms with E-state index >= 15 is 0 Å². The van der Waals surface area contributed by atoms with Crippen LogP contribution in [-0.4, -0.2) is 17.9 Å². The van der Waals surface area contributed by atoms with E-state index in [9.17, 15) is 4.79 Å². The quantitative estimate of drug-likeness (QED) is 0.225. The second-order valence-electron chi connectivity index (χ2n) is 10.6. The van der Waals surface area contributed by atoms with E-state index in [0.29, 0.717) is 18.9 Å². The number of carbonyl (C=O) groups is 1. The standard InChI is InChI=1S/C22H25NO2.C15H14O2/c1-14(2)16(4)20-11-19(8-6-15(20)3)17(5)23-12-18-7-9-21-22(10-18)25-13-24-21;1-2-11-7-9-12(10-8-11)13-5-3-4-6-14(13)15(16)17/h6-11,23H,5,12-13H2,1-4H3;3-10H,2H2,1H3,(H,16,17). The van der Waals surface area contributed by atoms with Gasteiger partial charge >= 0.3 is 5.97 Å². The van der Waals surface area contributed by atoms with Gasteiger partial charge in [0.15, 0.2) is 11.5 Å². The summed E-state index contributed by atoms with van der Waals surface area (Å²) in [4.78, 5) is 11.1. The largest absolute Gasteiger partial charge is 0.478 e. The number of nitrogens with one attached hydrogen (secondary N) is 1. The van der Waals surface area contributed by atoms with Crippen molar-refractivity contribution in [2.24, 2.45) is 0 Å². The molecular formula is C37H39NO4. The number of fused-ring (bicyclic) bond motifs is 1. The first-order chi connectivity index (χ1) is 20.2. The number of aryl methyl sites for hydroxylation is 2. The molecule has 0 radical (unpaired) electrons. The zero-order valence-corrected chi connectivity index (χ0v) is 25.1. The maximum Gasteiger partial charge on any atom is 0.336 e. The summed E-state index contributed by atoms with van der Waals surface area (Å²) < 4.78 is 10.8. The Morgan fingerprint density at radius 3 is 2.24 bits per heavy atom. The van der Waals surface area contributed by atoms with Gasteiger partial charge in [0.25, 0.3) is 0 Å². The number of hydrogen-bond acceptors (Lipinski definition) is 4. The zero-order valence-electron chi connectivity index (χ0n) is 25.1. The van der Waals surface area contributed by atoms with Gasteiger partial charge in [0.1, 0.15) is 0 Å². The molecule has 1 aliphatic rings. The van der Waals surface area contributed by atoms with Crippen molar-refractivity contribution in [1.29, 1.82) is 0 Å². The van der Waals surface area contributed by atoms with Gasteiger partial charge in [-0.25, -0.2) is 4.79 Å². The van der Waals surface area contributed by atoms with Crippen molar-refractivity contribution in [2.75, 3.05) is 6.79 Å². The van der Waals surface area contributed by atoms with E-state index in [1.54, 1.807) is 12.1 Å². The third-order valence-corrected chi connectivity index (χ3v) is 7.51. The predicted molar refractivity (Wildman–Crippen MR) is 172 cm³/mol. The second-order valence-corrected chi connectivity index (χ2v) is 10.6. The third-order valence-electron chi connectivity index (χ3n) is 7.51. The Labute approximate surface area is 249 Å². The zero-order chi connectivity index (χ0) is 30.2. The molecule has 0 spiro atoms. The molecule has 42 heavy (non-hydrogen) atoms. The smallest absolute Gasteiger partial charge is 0.336 e. The van der Waals surface area contributed by atoms with Crippen LogP contribution in [0.2, 0.25) is 0 Å². The SMILES string of the molecule is C=C(NCc1ccc2c(c1)OCO2)c1ccc(C)c(C(C)=C(C)C)c1.CCc1ccc(-c2ccccc2C(=O)O)cc1. The van der Waals surface area contributed by atoms with Crippen molar-refractivity contribution in [1.82, 2.24) is 5.32 Å². The molecule has 0 amide bonds. The monoisotopic (exact) mass is 561 g/mol. The van der Waals surface area contributed by atoms with Crippen LogP contribution in [0, 0.1) is 6.92 Å². The van der Waals surface area contributed by atoms with E-state index in [-0.39, 0.29) is 0 Å². The molecule has 5 rings (SSSR count). The first-order valence-corrected chi connectivity index (χ1v) is 14.2. The number of carboxylic acid groups (broad SMARTS) is 1. The summed E-state index contributed by atoms with van der Waals surface area (Å²) in [7, 11) is 0. The number of rotatable bonds is 8. The minimum atomic E-state index is -0.889. The van der Waals surface area contributed by atoms with Crippen LogP contribution < -0.4 is 14.8 Å². The van der Waals surface area contributed by atoms with Gasteiger partial charge in [-0.15, -0.1) is 0 Å². The maximum absolute atomic E-state index is 11.1. The van der Waals surface area contributed by atoms with E-state index in [0.717, 1.165) is 45.9 Å². The van der Waals surface area contributed by atoms with Gasteiger partial charge in [0.2, 0.25) is 6.79 Å². The highest BCUT2D eigenvalue weighted by Gasteiger charge is 2.14. The van der Waals surface area contributed by atoms with E-state index in [4.69, 9.17) is 14.6 Å². The van der Waals surface area contributed by atoms with Crippen LogP contribution in [0.3, 0.4) is 0 Å². The highest BCUT2D eigenvalue weighted by atomic mass is 16.7. The van der Waals surface area contributed by atoms with Gasteiger partial charge in [-0.05, 0) is 103 Å². The molecule has 1 heterocycles. The number of hydrogen-bond donors (Lipinski definition) is 2. The molecule has 0 aromatic heterocycles. The van der Waals surface area contributed by atoms with Crippen molar-refractivity contribution in [2.45, 2.75) is 47.6 Å². The maximum atomic E-state index is 11.1. The molecule has 5 nitrogen and oxygen atoms in total. The molecular weight excluding hydrogens is 522 g/mol. The van der Waals surface area contributed by atoms with Crippen LogP contribution in [-0.2, 0) is 13.0 Å². The fourth-order valence-electron chi connectivity index (χ4n) is 4.69. The van der Waals surface area contributed by atoms with Crippen molar-refractivity contribution in [3.8, 4) is 22.6 Å². The first kappa shape index (κ1) is 30.2. The Balaban J connectivity index is 0.000000208. The van der Waals surface area contributed by atoms with Gasteiger partial charge in [0.05, 0.1) is 5.56 Å². The van der Waals surface area contributed by atoms with Gasteiger partial charge < -0.3 is 19.9 Å². The molecule has 216 valence electrons. The lowest BCUT2D eigenvalue weighted by Gasteiger charge is -2.14. The Bertz CT molecular complexity index is 1610. The van der Waals surface area contributed by atoms with E-state index < -0.39 is 5.97 Å². The molecule has 0 fully saturated rings. The predicted octanol–water partition coefficient (Wildman–Crippen LogP) is 8.91. The molecule has 4 aromatic carbocycles.